The maximum Gasteiger partial charge on any atom is 0.241 e. The van der Waals surface area contributed by atoms with Gasteiger partial charge in [0.25, 0.3) is 0 Å². The molecule has 0 aliphatic carbocycles. The predicted molar refractivity (Wildman–Crippen MR) is 73.6 cm³/mol. The van der Waals surface area contributed by atoms with Crippen molar-refractivity contribution in [3.8, 4) is 0 Å². The molecule has 1 fully saturated rings. The molecule has 1 aliphatic rings. The van der Waals surface area contributed by atoms with Gasteiger partial charge in [0, 0.05) is 31.4 Å². The Hall–Kier alpha value is -1.39. The molecule has 0 radical (unpaired) electrons. The van der Waals surface area contributed by atoms with E-state index in [2.05, 4.69) is 22.5 Å². The average Bonchev–Trinajstić information content (AvgIpc) is 2.39. The first kappa shape index (κ1) is 13.1. The summed E-state index contributed by atoms with van der Waals surface area (Å²) in [6.45, 7) is 6.94. The lowest BCUT2D eigenvalue weighted by molar-refractivity contribution is -0.121. The van der Waals surface area contributed by atoms with Crippen molar-refractivity contribution < 1.29 is 4.79 Å². The number of nitrogens with zero attached hydrogens (tertiary/aromatic N) is 1. The number of nitrogens with one attached hydrogen (secondary N) is 2. The Kier molecular flexibility index (Phi) is 4.33. The highest BCUT2D eigenvalue weighted by atomic mass is 16.2. The van der Waals surface area contributed by atoms with Gasteiger partial charge in [-0.25, -0.2) is 0 Å². The smallest absolute Gasteiger partial charge is 0.241 e. The molecule has 2 atom stereocenters. The van der Waals surface area contributed by atoms with E-state index in [-0.39, 0.29) is 11.9 Å². The first-order chi connectivity index (χ1) is 8.68. The number of hydrogen-bond donors (Lipinski definition) is 2. The average molecular weight is 247 g/mol. The maximum absolute atomic E-state index is 12.2. The summed E-state index contributed by atoms with van der Waals surface area (Å²) in [5.74, 6) is 0.0648. The van der Waals surface area contributed by atoms with Gasteiger partial charge in [0.05, 0.1) is 6.04 Å². The topological polar surface area (TPSA) is 44.4 Å². The predicted octanol–water partition coefficient (Wildman–Crippen LogP) is 1.31. The highest BCUT2D eigenvalue weighted by molar-refractivity contribution is 5.94. The second-order valence-corrected chi connectivity index (χ2v) is 4.82. The second-order valence-electron chi connectivity index (χ2n) is 4.82. The van der Waals surface area contributed by atoms with Crippen LogP contribution in [0.5, 0.6) is 0 Å². The number of anilines is 1. The Morgan fingerprint density at radius 3 is 2.83 bits per heavy atom. The van der Waals surface area contributed by atoms with Crippen molar-refractivity contribution in [3.05, 3.63) is 30.3 Å². The number of amides is 1. The van der Waals surface area contributed by atoms with Crippen LogP contribution in [0.3, 0.4) is 0 Å². The third-order valence-corrected chi connectivity index (χ3v) is 3.47. The lowest BCUT2D eigenvalue weighted by atomic mass is 10.1. The summed E-state index contributed by atoms with van der Waals surface area (Å²) in [7, 11) is 0. The van der Waals surface area contributed by atoms with Crippen LogP contribution in [0.1, 0.15) is 13.8 Å². The molecule has 98 valence electrons. The van der Waals surface area contributed by atoms with E-state index >= 15 is 0 Å². The highest BCUT2D eigenvalue weighted by Gasteiger charge is 2.27. The minimum Gasteiger partial charge on any atom is -0.325 e. The Morgan fingerprint density at radius 2 is 2.17 bits per heavy atom. The first-order valence-electron chi connectivity index (χ1n) is 6.51. The zero-order valence-electron chi connectivity index (χ0n) is 11.0. The molecule has 0 aromatic heterocycles. The van der Waals surface area contributed by atoms with E-state index in [9.17, 15) is 4.79 Å². The molecule has 1 saturated heterocycles. The summed E-state index contributed by atoms with van der Waals surface area (Å²) in [6, 6.07) is 9.91. The molecule has 2 rings (SSSR count). The van der Waals surface area contributed by atoms with Crippen LogP contribution in [-0.4, -0.2) is 42.5 Å². The van der Waals surface area contributed by atoms with Gasteiger partial charge in [-0.15, -0.1) is 0 Å². The molecule has 1 aromatic carbocycles. The summed E-state index contributed by atoms with van der Waals surface area (Å²) < 4.78 is 0. The summed E-state index contributed by atoms with van der Waals surface area (Å²) in [5.41, 5.74) is 0.858. The van der Waals surface area contributed by atoms with E-state index < -0.39 is 0 Å². The second kappa shape index (κ2) is 5.98. The van der Waals surface area contributed by atoms with Gasteiger partial charge in [-0.1, -0.05) is 18.2 Å². The molecule has 2 unspecified atom stereocenters. The lowest BCUT2D eigenvalue weighted by Crippen LogP contribution is -2.56. The Balaban J connectivity index is 1.96. The molecular weight excluding hydrogens is 226 g/mol. The quantitative estimate of drug-likeness (QED) is 0.846. The van der Waals surface area contributed by atoms with E-state index in [0.717, 1.165) is 25.3 Å². The summed E-state index contributed by atoms with van der Waals surface area (Å²) in [6.07, 6.45) is 0. The zero-order chi connectivity index (χ0) is 13.0. The third-order valence-electron chi connectivity index (χ3n) is 3.47. The molecular formula is C14H21N3O. The van der Waals surface area contributed by atoms with Crippen molar-refractivity contribution in [2.75, 3.05) is 25.0 Å². The van der Waals surface area contributed by atoms with E-state index in [4.69, 9.17) is 0 Å². The fraction of sp³-hybridized carbons (Fsp3) is 0.500. The summed E-state index contributed by atoms with van der Waals surface area (Å²) in [4.78, 5) is 14.4. The van der Waals surface area contributed by atoms with Crippen LogP contribution < -0.4 is 10.6 Å². The van der Waals surface area contributed by atoms with E-state index in [1.54, 1.807) is 0 Å². The van der Waals surface area contributed by atoms with Crippen LogP contribution in [0.25, 0.3) is 0 Å². The fourth-order valence-electron chi connectivity index (χ4n) is 2.35. The van der Waals surface area contributed by atoms with E-state index in [0.29, 0.717) is 6.04 Å². The van der Waals surface area contributed by atoms with Gasteiger partial charge in [-0.2, -0.15) is 0 Å². The standard InChI is InChI=1S/C14H21N3O/c1-11-10-15-8-9-17(11)12(2)14(18)16-13-6-4-3-5-7-13/h3-7,11-12,15H,8-10H2,1-2H3,(H,16,18). The van der Waals surface area contributed by atoms with Gasteiger partial charge < -0.3 is 10.6 Å². The van der Waals surface area contributed by atoms with Crippen molar-refractivity contribution in [2.24, 2.45) is 0 Å². The fourth-order valence-corrected chi connectivity index (χ4v) is 2.35. The number of carbonyl (C=O) groups excluding carboxylic acids is 1. The number of hydrogen-bond acceptors (Lipinski definition) is 3. The Labute approximate surface area is 108 Å². The van der Waals surface area contributed by atoms with Gasteiger partial charge in [-0.3, -0.25) is 9.69 Å². The largest absolute Gasteiger partial charge is 0.325 e. The molecule has 1 aromatic rings. The Morgan fingerprint density at radius 1 is 1.44 bits per heavy atom. The molecule has 4 heteroatoms. The molecule has 1 heterocycles. The van der Waals surface area contributed by atoms with Gasteiger partial charge in [-0.05, 0) is 26.0 Å². The van der Waals surface area contributed by atoms with Crippen molar-refractivity contribution >= 4 is 11.6 Å². The number of piperazine rings is 1. The van der Waals surface area contributed by atoms with Gasteiger partial charge in [0.1, 0.15) is 0 Å². The van der Waals surface area contributed by atoms with Gasteiger partial charge in [0.15, 0.2) is 0 Å². The van der Waals surface area contributed by atoms with Crippen LogP contribution in [0.4, 0.5) is 5.69 Å². The van der Waals surface area contributed by atoms with E-state index in [1.165, 1.54) is 0 Å². The molecule has 2 N–H and O–H groups in total. The number of para-hydroxylation sites is 1. The van der Waals surface area contributed by atoms with Gasteiger partial charge in [0.2, 0.25) is 5.91 Å². The van der Waals surface area contributed by atoms with Crippen molar-refractivity contribution in [1.82, 2.24) is 10.2 Å². The SMILES string of the molecule is CC1CNCCN1C(C)C(=O)Nc1ccccc1. The molecule has 1 amide bonds. The van der Waals surface area contributed by atoms with Crippen LogP contribution in [0.2, 0.25) is 0 Å². The van der Waals surface area contributed by atoms with E-state index in [1.807, 2.05) is 37.3 Å². The van der Waals surface area contributed by atoms with Crippen molar-refractivity contribution in [3.63, 3.8) is 0 Å². The van der Waals surface area contributed by atoms with Crippen LogP contribution in [-0.2, 0) is 4.79 Å². The lowest BCUT2D eigenvalue weighted by Gasteiger charge is -2.37. The molecule has 0 spiro atoms. The first-order valence-corrected chi connectivity index (χ1v) is 6.51. The van der Waals surface area contributed by atoms with Crippen LogP contribution >= 0.6 is 0 Å². The molecule has 1 aliphatic heterocycles. The third kappa shape index (κ3) is 3.09. The molecule has 0 saturated carbocycles. The van der Waals surface area contributed by atoms with Crippen LogP contribution in [0.15, 0.2) is 30.3 Å². The van der Waals surface area contributed by atoms with Gasteiger partial charge >= 0.3 is 0 Å². The summed E-state index contributed by atoms with van der Waals surface area (Å²) >= 11 is 0. The monoisotopic (exact) mass is 247 g/mol. The maximum atomic E-state index is 12.2. The zero-order valence-corrected chi connectivity index (χ0v) is 11.0. The Bertz CT molecular complexity index is 393. The molecule has 0 bridgehead atoms. The number of benzene rings is 1. The highest BCUT2D eigenvalue weighted by Crippen LogP contribution is 2.11. The minimum atomic E-state index is -0.0951. The number of carbonyl (C=O) groups is 1. The molecule has 4 nitrogen and oxygen atoms in total. The minimum absolute atomic E-state index is 0.0648. The molecule has 18 heavy (non-hydrogen) atoms. The van der Waals surface area contributed by atoms with Crippen molar-refractivity contribution in [2.45, 2.75) is 25.9 Å². The number of rotatable bonds is 3. The van der Waals surface area contributed by atoms with Crippen molar-refractivity contribution in [1.29, 1.82) is 0 Å². The van der Waals surface area contributed by atoms with Crippen LogP contribution in [0, 0.1) is 0 Å². The normalized spacial score (nSPS) is 22.4. The summed E-state index contributed by atoms with van der Waals surface area (Å²) in [5, 5.41) is 6.29.